The second-order valence-corrected chi connectivity index (χ2v) is 3.47. The van der Waals surface area contributed by atoms with Crippen LogP contribution in [0.25, 0.3) is 0 Å². The van der Waals surface area contributed by atoms with Gasteiger partial charge in [0.25, 0.3) is 0 Å². The van der Waals surface area contributed by atoms with E-state index in [1.807, 2.05) is 4.90 Å². The zero-order valence-electron chi connectivity index (χ0n) is 8.68. The normalized spacial score (nSPS) is 16.1. The summed E-state index contributed by atoms with van der Waals surface area (Å²) in [7, 11) is 0. The molecular formula is C8H13N7O. The van der Waals surface area contributed by atoms with Gasteiger partial charge in [-0.15, -0.1) is 4.91 Å². The van der Waals surface area contributed by atoms with Crippen molar-refractivity contribution in [3.8, 4) is 0 Å². The lowest BCUT2D eigenvalue weighted by Gasteiger charge is -2.28. The molecule has 0 atom stereocenters. The molecule has 1 aliphatic heterocycles. The van der Waals surface area contributed by atoms with Gasteiger partial charge in [-0.1, -0.05) is 0 Å². The summed E-state index contributed by atoms with van der Waals surface area (Å²) in [5.74, 6) is 0.496. The van der Waals surface area contributed by atoms with Gasteiger partial charge in [0.05, 0.1) is 0 Å². The molecule has 1 saturated heterocycles. The molecule has 86 valence electrons. The van der Waals surface area contributed by atoms with Crippen LogP contribution < -0.4 is 21.7 Å². The molecule has 2 rings (SSSR count). The van der Waals surface area contributed by atoms with Gasteiger partial charge >= 0.3 is 0 Å². The number of anilines is 3. The molecule has 2 heterocycles. The maximum atomic E-state index is 10.7. The third kappa shape index (κ3) is 1.87. The highest BCUT2D eigenvalue weighted by atomic mass is 16.3. The third-order valence-electron chi connectivity index (χ3n) is 2.42. The van der Waals surface area contributed by atoms with Crippen LogP contribution in [0.15, 0.2) is 5.18 Å². The Morgan fingerprint density at radius 3 is 2.56 bits per heavy atom. The van der Waals surface area contributed by atoms with Crippen molar-refractivity contribution in [2.75, 3.05) is 42.5 Å². The average Bonchev–Trinajstić information content (AvgIpc) is 2.29. The maximum absolute atomic E-state index is 10.7. The van der Waals surface area contributed by atoms with E-state index < -0.39 is 0 Å². The second-order valence-electron chi connectivity index (χ2n) is 3.47. The number of aromatic nitrogens is 2. The highest BCUT2D eigenvalue weighted by molar-refractivity contribution is 5.74. The van der Waals surface area contributed by atoms with Crippen LogP contribution >= 0.6 is 0 Å². The summed E-state index contributed by atoms with van der Waals surface area (Å²) in [5.41, 5.74) is 11.1. The number of rotatable bonds is 2. The quantitative estimate of drug-likeness (QED) is 0.575. The average molecular weight is 223 g/mol. The van der Waals surface area contributed by atoms with Crippen LogP contribution in [-0.4, -0.2) is 36.1 Å². The lowest BCUT2D eigenvalue weighted by Crippen LogP contribution is -2.44. The van der Waals surface area contributed by atoms with E-state index in [0.29, 0.717) is 5.82 Å². The van der Waals surface area contributed by atoms with Crippen molar-refractivity contribution in [1.29, 1.82) is 0 Å². The monoisotopic (exact) mass is 223 g/mol. The summed E-state index contributed by atoms with van der Waals surface area (Å²) < 4.78 is 0. The van der Waals surface area contributed by atoms with Crippen molar-refractivity contribution >= 4 is 23.3 Å². The van der Waals surface area contributed by atoms with Gasteiger partial charge in [0.2, 0.25) is 5.95 Å². The minimum atomic E-state index is 0.0241. The number of hydrogen-bond acceptors (Lipinski definition) is 8. The molecule has 0 amide bonds. The molecule has 0 saturated carbocycles. The fourth-order valence-electron chi connectivity index (χ4n) is 1.66. The maximum Gasteiger partial charge on any atom is 0.224 e. The van der Waals surface area contributed by atoms with E-state index in [9.17, 15) is 4.91 Å². The molecule has 5 N–H and O–H groups in total. The van der Waals surface area contributed by atoms with E-state index in [4.69, 9.17) is 11.5 Å². The Morgan fingerprint density at radius 2 is 1.94 bits per heavy atom. The first-order valence-corrected chi connectivity index (χ1v) is 4.94. The van der Waals surface area contributed by atoms with E-state index in [1.165, 1.54) is 0 Å². The van der Waals surface area contributed by atoms with E-state index in [2.05, 4.69) is 20.5 Å². The van der Waals surface area contributed by atoms with Crippen molar-refractivity contribution in [3.05, 3.63) is 4.91 Å². The summed E-state index contributed by atoms with van der Waals surface area (Å²) in [4.78, 5) is 20.4. The summed E-state index contributed by atoms with van der Waals surface area (Å²) in [6, 6.07) is 0. The molecule has 1 aliphatic rings. The SMILES string of the molecule is Nc1nc(N)c(N=O)c(N2CCNCC2)n1. The van der Waals surface area contributed by atoms with Gasteiger partial charge in [0.1, 0.15) is 0 Å². The number of nitroso groups, excluding NO2 is 1. The summed E-state index contributed by atoms with van der Waals surface area (Å²) >= 11 is 0. The van der Waals surface area contributed by atoms with Gasteiger partial charge in [-0.05, 0) is 5.18 Å². The van der Waals surface area contributed by atoms with Crippen LogP contribution in [0.2, 0.25) is 0 Å². The summed E-state index contributed by atoms with van der Waals surface area (Å²) in [6.45, 7) is 3.11. The highest BCUT2D eigenvalue weighted by Crippen LogP contribution is 2.31. The molecule has 0 aromatic carbocycles. The first-order chi connectivity index (χ1) is 7.72. The molecule has 1 fully saturated rings. The third-order valence-corrected chi connectivity index (χ3v) is 2.42. The largest absolute Gasteiger partial charge is 0.382 e. The molecule has 8 nitrogen and oxygen atoms in total. The van der Waals surface area contributed by atoms with Crippen molar-refractivity contribution in [2.45, 2.75) is 0 Å². The van der Waals surface area contributed by atoms with Gasteiger partial charge < -0.3 is 21.7 Å². The Kier molecular flexibility index (Phi) is 2.82. The minimum Gasteiger partial charge on any atom is -0.382 e. The molecule has 8 heteroatoms. The van der Waals surface area contributed by atoms with E-state index in [-0.39, 0.29) is 17.5 Å². The Labute approximate surface area is 92.0 Å². The Balaban J connectivity index is 2.40. The highest BCUT2D eigenvalue weighted by Gasteiger charge is 2.19. The van der Waals surface area contributed by atoms with Crippen LogP contribution in [0.1, 0.15) is 0 Å². The number of nitrogens with zero attached hydrogens (tertiary/aromatic N) is 4. The Hall–Kier alpha value is -1.96. The van der Waals surface area contributed by atoms with Crippen LogP contribution in [0, 0.1) is 4.91 Å². The van der Waals surface area contributed by atoms with Gasteiger partial charge in [0.15, 0.2) is 17.3 Å². The van der Waals surface area contributed by atoms with E-state index >= 15 is 0 Å². The Morgan fingerprint density at radius 1 is 1.25 bits per heavy atom. The zero-order valence-corrected chi connectivity index (χ0v) is 8.68. The Bertz CT molecular complexity index is 402. The fourth-order valence-corrected chi connectivity index (χ4v) is 1.66. The smallest absolute Gasteiger partial charge is 0.224 e. The standard InChI is InChI=1S/C8H13N7O/c9-6-5(14-16)7(13-8(10)12-6)15-3-1-11-2-4-15/h11H,1-4H2,(H4,9,10,12,13). The summed E-state index contributed by atoms with van der Waals surface area (Å²) in [6.07, 6.45) is 0. The van der Waals surface area contributed by atoms with Crippen LogP contribution in [0.3, 0.4) is 0 Å². The van der Waals surface area contributed by atoms with Crippen LogP contribution in [0.5, 0.6) is 0 Å². The van der Waals surface area contributed by atoms with Gasteiger partial charge in [-0.2, -0.15) is 9.97 Å². The van der Waals surface area contributed by atoms with Crippen LogP contribution in [-0.2, 0) is 0 Å². The molecule has 0 unspecified atom stereocenters. The van der Waals surface area contributed by atoms with Crippen molar-refractivity contribution < 1.29 is 0 Å². The first kappa shape index (κ1) is 10.6. The molecular weight excluding hydrogens is 210 g/mol. The summed E-state index contributed by atoms with van der Waals surface area (Å²) in [5, 5.41) is 6.06. The first-order valence-electron chi connectivity index (χ1n) is 4.94. The molecule has 1 aromatic heterocycles. The topological polar surface area (TPSA) is 123 Å². The molecule has 0 bridgehead atoms. The van der Waals surface area contributed by atoms with Crippen LogP contribution in [0.4, 0.5) is 23.3 Å². The van der Waals surface area contributed by atoms with Crippen molar-refractivity contribution in [3.63, 3.8) is 0 Å². The van der Waals surface area contributed by atoms with E-state index in [0.717, 1.165) is 26.2 Å². The minimum absolute atomic E-state index is 0.0241. The molecule has 0 spiro atoms. The van der Waals surface area contributed by atoms with Gasteiger partial charge in [-0.25, -0.2) is 0 Å². The van der Waals surface area contributed by atoms with E-state index in [1.54, 1.807) is 0 Å². The molecule has 1 aromatic rings. The van der Waals surface area contributed by atoms with Gasteiger partial charge in [-0.3, -0.25) is 0 Å². The number of hydrogen-bond donors (Lipinski definition) is 3. The second kappa shape index (κ2) is 4.27. The van der Waals surface area contributed by atoms with Crippen molar-refractivity contribution in [2.24, 2.45) is 5.18 Å². The molecule has 0 aliphatic carbocycles. The predicted molar refractivity (Wildman–Crippen MR) is 61.4 cm³/mol. The predicted octanol–water partition coefficient (Wildman–Crippen LogP) is -0.552. The number of piperazine rings is 1. The van der Waals surface area contributed by atoms with Gasteiger partial charge in [0, 0.05) is 26.2 Å². The van der Waals surface area contributed by atoms with Crippen molar-refractivity contribution in [1.82, 2.24) is 15.3 Å². The number of nitrogens with one attached hydrogen (secondary N) is 1. The lowest BCUT2D eigenvalue weighted by molar-refractivity contribution is 0.585. The zero-order chi connectivity index (χ0) is 11.5. The fraction of sp³-hybridized carbons (Fsp3) is 0.500. The lowest BCUT2D eigenvalue weighted by atomic mass is 10.3. The molecule has 16 heavy (non-hydrogen) atoms. The number of nitrogen functional groups attached to an aromatic ring is 2. The molecule has 0 radical (unpaired) electrons. The number of nitrogens with two attached hydrogens (primary N) is 2.